The van der Waals surface area contributed by atoms with Crippen LogP contribution in [0.1, 0.15) is 59.1 Å². The van der Waals surface area contributed by atoms with Gasteiger partial charge in [-0.3, -0.25) is 19.3 Å². The van der Waals surface area contributed by atoms with Gasteiger partial charge in [0, 0.05) is 44.6 Å². The Morgan fingerprint density at radius 1 is 1.22 bits per heavy atom. The lowest BCUT2D eigenvalue weighted by atomic mass is 9.85. The Bertz CT molecular complexity index is 1200. The average Bonchev–Trinajstić information content (AvgIpc) is 3.27. The quantitative estimate of drug-likeness (QED) is 0.478. The minimum atomic E-state index is -0.722. The molecule has 3 aliphatic rings. The lowest BCUT2D eigenvalue weighted by Crippen LogP contribution is -2.68. The van der Waals surface area contributed by atoms with Crippen LogP contribution in [0.15, 0.2) is 24.5 Å². The van der Waals surface area contributed by atoms with Gasteiger partial charge in [-0.25, -0.2) is 9.37 Å². The molecule has 0 radical (unpaired) electrons. The van der Waals surface area contributed by atoms with E-state index in [0.717, 1.165) is 32.2 Å². The predicted octanol–water partition coefficient (Wildman–Crippen LogP) is 2.35. The van der Waals surface area contributed by atoms with Crippen molar-refractivity contribution in [2.24, 2.45) is 11.7 Å². The second-order valence-electron chi connectivity index (χ2n) is 10.1. The molecule has 3 amide bonds. The summed E-state index contributed by atoms with van der Waals surface area (Å²) in [5, 5.41) is 5.73. The van der Waals surface area contributed by atoms with Crippen LogP contribution in [0.5, 0.6) is 0 Å². The zero-order chi connectivity index (χ0) is 26.2. The topological polar surface area (TPSA) is 132 Å². The van der Waals surface area contributed by atoms with E-state index >= 15 is 0 Å². The number of nitrogens with two attached hydrogens (primary N) is 1. The van der Waals surface area contributed by atoms with Gasteiger partial charge in [0.15, 0.2) is 5.69 Å². The zero-order valence-electron chi connectivity index (χ0n) is 20.3. The van der Waals surface area contributed by atoms with Gasteiger partial charge >= 0.3 is 0 Å². The lowest BCUT2D eigenvalue weighted by molar-refractivity contribution is -0.220. The van der Waals surface area contributed by atoms with Gasteiger partial charge in [0.2, 0.25) is 5.91 Å². The summed E-state index contributed by atoms with van der Waals surface area (Å²) in [4.78, 5) is 44.2. The van der Waals surface area contributed by atoms with Crippen LogP contribution >= 0.6 is 11.6 Å². The molecule has 3 fully saturated rings. The number of likely N-dealkylation sites (tertiary alicyclic amines) is 1. The number of rotatable bonds is 8. The molecule has 0 atom stereocenters. The van der Waals surface area contributed by atoms with Gasteiger partial charge in [0.1, 0.15) is 11.5 Å². The molecule has 2 aromatic rings. The Morgan fingerprint density at radius 2 is 1.95 bits per heavy atom. The number of hydrogen-bond donors (Lipinski definition) is 3. The van der Waals surface area contributed by atoms with E-state index in [-0.39, 0.29) is 39.9 Å². The van der Waals surface area contributed by atoms with Crippen LogP contribution in [0.2, 0.25) is 5.02 Å². The predicted molar refractivity (Wildman–Crippen MR) is 134 cm³/mol. The van der Waals surface area contributed by atoms with E-state index in [1.54, 1.807) is 4.57 Å². The zero-order valence-corrected chi connectivity index (χ0v) is 21.1. The van der Waals surface area contributed by atoms with Crippen molar-refractivity contribution in [3.8, 4) is 0 Å². The number of carbonyl (C=O) groups is 3. The lowest BCUT2D eigenvalue weighted by Gasteiger charge is -2.55. The highest BCUT2D eigenvalue weighted by Crippen LogP contribution is 2.36. The molecule has 1 saturated carbocycles. The van der Waals surface area contributed by atoms with Crippen LogP contribution < -0.4 is 16.4 Å². The molecule has 0 unspecified atom stereocenters. The second kappa shape index (κ2) is 10.4. The fourth-order valence-electron chi connectivity index (χ4n) is 5.47. The van der Waals surface area contributed by atoms with Crippen molar-refractivity contribution in [3.05, 3.63) is 46.8 Å². The monoisotopic (exact) mass is 532 g/mol. The molecular weight excluding hydrogens is 503 g/mol. The van der Waals surface area contributed by atoms with E-state index in [2.05, 4.69) is 20.5 Å². The number of amides is 3. The van der Waals surface area contributed by atoms with Gasteiger partial charge in [-0.15, -0.1) is 0 Å². The number of halogens is 2. The molecule has 2 aliphatic heterocycles. The molecular formula is C25H30ClFN6O4. The van der Waals surface area contributed by atoms with Crippen LogP contribution in [-0.4, -0.2) is 70.6 Å². The van der Waals surface area contributed by atoms with Crippen LogP contribution in [0.4, 0.5) is 10.1 Å². The Hall–Kier alpha value is -3.02. The molecule has 12 heteroatoms. The molecule has 37 heavy (non-hydrogen) atoms. The largest absolute Gasteiger partial charge is 0.372 e. The summed E-state index contributed by atoms with van der Waals surface area (Å²) in [6.45, 7) is 3.70. The summed E-state index contributed by atoms with van der Waals surface area (Å²) in [6.07, 6.45) is 4.90. The van der Waals surface area contributed by atoms with E-state index in [1.165, 1.54) is 18.5 Å². The summed E-state index contributed by atoms with van der Waals surface area (Å²) in [6, 6.07) is 3.70. The molecule has 198 valence electrons. The highest BCUT2D eigenvalue weighted by molar-refractivity contribution is 6.33. The Balaban J connectivity index is 1.15. The number of carbonyl (C=O) groups excluding carboxylic acids is 3. The third-order valence-electron chi connectivity index (χ3n) is 7.60. The van der Waals surface area contributed by atoms with E-state index in [0.29, 0.717) is 44.5 Å². The Labute approximate surface area is 218 Å². The minimum absolute atomic E-state index is 0.0146. The first kappa shape index (κ1) is 25.6. The fourth-order valence-corrected chi connectivity index (χ4v) is 5.68. The highest BCUT2D eigenvalue weighted by Gasteiger charge is 2.48. The molecule has 1 aromatic heterocycles. The van der Waals surface area contributed by atoms with Crippen LogP contribution in [0.3, 0.4) is 0 Å². The van der Waals surface area contributed by atoms with Gasteiger partial charge in [0.25, 0.3) is 11.8 Å². The molecule has 10 nitrogen and oxygen atoms in total. The molecule has 1 spiro atoms. The van der Waals surface area contributed by atoms with E-state index in [4.69, 9.17) is 22.1 Å². The molecule has 1 aromatic carbocycles. The minimum Gasteiger partial charge on any atom is -0.372 e. The Morgan fingerprint density at radius 3 is 2.57 bits per heavy atom. The number of nitrogens with one attached hydrogen (secondary N) is 2. The van der Waals surface area contributed by atoms with Gasteiger partial charge < -0.3 is 25.7 Å². The number of nitrogens with zero attached hydrogens (tertiary/aromatic N) is 3. The average molecular weight is 533 g/mol. The van der Waals surface area contributed by atoms with Gasteiger partial charge in [0.05, 0.1) is 29.2 Å². The first-order valence-electron chi connectivity index (χ1n) is 12.5. The molecule has 2 saturated heterocycles. The van der Waals surface area contributed by atoms with Gasteiger partial charge in [-0.05, 0) is 43.9 Å². The number of benzene rings is 1. The maximum absolute atomic E-state index is 13.3. The highest BCUT2D eigenvalue weighted by atomic mass is 35.5. The normalized spacial score (nSPS) is 22.6. The molecule has 3 heterocycles. The number of imidazole rings is 1. The number of aromatic nitrogens is 2. The molecule has 0 bridgehead atoms. The van der Waals surface area contributed by atoms with E-state index in [9.17, 15) is 18.8 Å². The van der Waals surface area contributed by atoms with E-state index < -0.39 is 17.6 Å². The first-order valence-corrected chi connectivity index (χ1v) is 12.9. The maximum atomic E-state index is 13.3. The number of primary amides is 1. The Kier molecular flexibility index (Phi) is 7.19. The standard InChI is InChI=1S/C25H30ClFN6O4/c26-18-11-16(27)3-6-19(18)31-23(35)15-1-4-17(5-2-15)33-14-30-20(21(33)22(28)34)24(36)29-8-9-32-12-25(13-32)7-10-37-25/h3,6,11,14-15,17H,1-2,4-5,7-10,12-13H2,(H2,28,34)(H,29,36)(H,31,35). The van der Waals surface area contributed by atoms with Gasteiger partial charge in [-0.1, -0.05) is 11.6 Å². The van der Waals surface area contributed by atoms with Crippen molar-refractivity contribution in [1.82, 2.24) is 19.8 Å². The van der Waals surface area contributed by atoms with Crippen LogP contribution in [-0.2, 0) is 9.53 Å². The summed E-state index contributed by atoms with van der Waals surface area (Å²) in [5.74, 6) is -2.08. The first-order chi connectivity index (χ1) is 17.7. The van der Waals surface area contributed by atoms with Crippen LogP contribution in [0, 0.1) is 11.7 Å². The number of hydrogen-bond acceptors (Lipinski definition) is 6. The van der Waals surface area contributed by atoms with Crippen molar-refractivity contribution in [2.45, 2.75) is 43.7 Å². The van der Waals surface area contributed by atoms with Crippen molar-refractivity contribution < 1.29 is 23.5 Å². The summed E-state index contributed by atoms with van der Waals surface area (Å²) in [5.41, 5.74) is 6.14. The maximum Gasteiger partial charge on any atom is 0.272 e. The molecule has 5 rings (SSSR count). The summed E-state index contributed by atoms with van der Waals surface area (Å²) in [7, 11) is 0. The molecule has 1 aliphatic carbocycles. The second-order valence-corrected chi connectivity index (χ2v) is 10.5. The smallest absolute Gasteiger partial charge is 0.272 e. The third kappa shape index (κ3) is 5.34. The molecule has 4 N–H and O–H groups in total. The third-order valence-corrected chi connectivity index (χ3v) is 7.91. The summed E-state index contributed by atoms with van der Waals surface area (Å²) < 4.78 is 20.5. The van der Waals surface area contributed by atoms with E-state index in [1.807, 2.05) is 0 Å². The SMILES string of the molecule is NC(=O)c1c(C(=O)NCCN2CC3(CCO3)C2)ncn1C1CCC(C(=O)Nc2ccc(F)cc2Cl)CC1. The van der Waals surface area contributed by atoms with Crippen molar-refractivity contribution in [3.63, 3.8) is 0 Å². The van der Waals surface area contributed by atoms with Crippen LogP contribution in [0.25, 0.3) is 0 Å². The number of anilines is 1. The summed E-state index contributed by atoms with van der Waals surface area (Å²) >= 11 is 6.02. The van der Waals surface area contributed by atoms with Gasteiger partial charge in [-0.2, -0.15) is 0 Å². The fraction of sp³-hybridized carbons (Fsp3) is 0.520. The number of ether oxygens (including phenoxy) is 1. The van der Waals surface area contributed by atoms with Crippen molar-refractivity contribution >= 4 is 35.0 Å². The van der Waals surface area contributed by atoms with Crippen molar-refractivity contribution in [1.29, 1.82) is 0 Å². The van der Waals surface area contributed by atoms with Crippen molar-refractivity contribution in [2.75, 3.05) is 38.1 Å².